The molecule has 1 saturated heterocycles. The summed E-state index contributed by atoms with van der Waals surface area (Å²) >= 11 is 0. The maximum absolute atomic E-state index is 5.99. The molecule has 3 heteroatoms. The van der Waals surface area contributed by atoms with Gasteiger partial charge in [0.15, 0.2) is 0 Å². The van der Waals surface area contributed by atoms with Crippen LogP contribution in [0.25, 0.3) is 10.8 Å². The van der Waals surface area contributed by atoms with E-state index >= 15 is 0 Å². The number of hydrogen-bond acceptors (Lipinski definition) is 3. The largest absolute Gasteiger partial charge is 0.356 e. The quantitative estimate of drug-likeness (QED) is 0.897. The highest BCUT2D eigenvalue weighted by molar-refractivity contribution is 5.92. The molecule has 0 saturated carbocycles. The number of piperidine rings is 1. The Bertz CT molecular complexity index is 571. The molecule has 1 aromatic heterocycles. The zero-order valence-electron chi connectivity index (χ0n) is 11.5. The van der Waals surface area contributed by atoms with E-state index in [1.807, 2.05) is 6.20 Å². The summed E-state index contributed by atoms with van der Waals surface area (Å²) in [5.74, 6) is 1.12. The highest BCUT2D eigenvalue weighted by atomic mass is 15.2. The number of benzene rings is 1. The van der Waals surface area contributed by atoms with Crippen molar-refractivity contribution < 1.29 is 0 Å². The second-order valence-electron chi connectivity index (χ2n) is 5.37. The lowest BCUT2D eigenvalue weighted by Gasteiger charge is -2.31. The monoisotopic (exact) mass is 255 g/mol. The fourth-order valence-electron chi connectivity index (χ4n) is 2.78. The molecule has 3 nitrogen and oxygen atoms in total. The van der Waals surface area contributed by atoms with E-state index in [0.29, 0.717) is 6.04 Å². The lowest BCUT2D eigenvalue weighted by Crippen LogP contribution is -2.40. The molecule has 0 amide bonds. The fraction of sp³-hybridized carbons (Fsp3) is 0.438. The molecule has 1 aromatic carbocycles. The molecule has 0 unspecified atom stereocenters. The topological polar surface area (TPSA) is 42.2 Å². The van der Waals surface area contributed by atoms with E-state index < -0.39 is 0 Å². The Morgan fingerprint density at radius 2 is 2.05 bits per heavy atom. The van der Waals surface area contributed by atoms with Gasteiger partial charge in [0.1, 0.15) is 5.82 Å². The summed E-state index contributed by atoms with van der Waals surface area (Å²) in [6.07, 6.45) is 5.10. The van der Waals surface area contributed by atoms with Gasteiger partial charge in [-0.05, 0) is 42.3 Å². The van der Waals surface area contributed by atoms with Crippen LogP contribution in [0, 0.1) is 0 Å². The van der Waals surface area contributed by atoms with Crippen molar-refractivity contribution in [1.82, 2.24) is 4.98 Å². The molecule has 2 aromatic rings. The van der Waals surface area contributed by atoms with Crippen molar-refractivity contribution in [2.45, 2.75) is 32.2 Å². The van der Waals surface area contributed by atoms with Gasteiger partial charge < -0.3 is 10.6 Å². The summed E-state index contributed by atoms with van der Waals surface area (Å²) < 4.78 is 0. The number of aromatic nitrogens is 1. The molecule has 3 rings (SSSR count). The molecule has 0 atom stereocenters. The van der Waals surface area contributed by atoms with Gasteiger partial charge in [-0.1, -0.05) is 19.1 Å². The van der Waals surface area contributed by atoms with E-state index in [0.717, 1.165) is 38.2 Å². The number of pyridine rings is 1. The van der Waals surface area contributed by atoms with Crippen LogP contribution in [-0.2, 0) is 6.42 Å². The zero-order chi connectivity index (χ0) is 13.2. The standard InChI is InChI=1S/C16H21N3/c1-2-12-3-4-13-5-8-18-16(15(13)11-12)19-9-6-14(17)7-10-19/h3-5,8,11,14H,2,6-7,9-10,17H2,1H3. The van der Waals surface area contributed by atoms with Crippen molar-refractivity contribution in [2.75, 3.05) is 18.0 Å². The van der Waals surface area contributed by atoms with Crippen molar-refractivity contribution >= 4 is 16.6 Å². The Labute approximate surface area is 114 Å². The van der Waals surface area contributed by atoms with Crippen LogP contribution >= 0.6 is 0 Å². The van der Waals surface area contributed by atoms with E-state index in [1.54, 1.807) is 0 Å². The summed E-state index contributed by atoms with van der Waals surface area (Å²) in [4.78, 5) is 7.00. The van der Waals surface area contributed by atoms with Gasteiger partial charge in [0, 0.05) is 30.7 Å². The van der Waals surface area contributed by atoms with Crippen molar-refractivity contribution in [2.24, 2.45) is 5.73 Å². The summed E-state index contributed by atoms with van der Waals surface area (Å²) in [6, 6.07) is 9.14. The molecule has 0 aliphatic carbocycles. The molecule has 100 valence electrons. The van der Waals surface area contributed by atoms with E-state index in [4.69, 9.17) is 5.73 Å². The maximum Gasteiger partial charge on any atom is 0.136 e. The average molecular weight is 255 g/mol. The van der Waals surface area contributed by atoms with Crippen molar-refractivity contribution in [3.05, 3.63) is 36.0 Å². The number of anilines is 1. The highest BCUT2D eigenvalue weighted by Gasteiger charge is 2.18. The summed E-state index contributed by atoms with van der Waals surface area (Å²) in [7, 11) is 0. The zero-order valence-corrected chi connectivity index (χ0v) is 11.5. The first-order chi connectivity index (χ1) is 9.28. The Balaban J connectivity index is 2.02. The van der Waals surface area contributed by atoms with E-state index in [-0.39, 0.29) is 0 Å². The predicted octanol–water partition coefficient (Wildman–Crippen LogP) is 2.72. The lowest BCUT2D eigenvalue weighted by molar-refractivity contribution is 0.499. The number of hydrogen-bond donors (Lipinski definition) is 1. The Kier molecular flexibility index (Phi) is 3.38. The van der Waals surface area contributed by atoms with Crippen molar-refractivity contribution in [1.29, 1.82) is 0 Å². The van der Waals surface area contributed by atoms with Gasteiger partial charge >= 0.3 is 0 Å². The Morgan fingerprint density at radius 1 is 1.26 bits per heavy atom. The van der Waals surface area contributed by atoms with Gasteiger partial charge in [-0.25, -0.2) is 4.98 Å². The van der Waals surface area contributed by atoms with Crippen LogP contribution in [0.4, 0.5) is 5.82 Å². The van der Waals surface area contributed by atoms with Crippen molar-refractivity contribution in [3.8, 4) is 0 Å². The first kappa shape index (κ1) is 12.4. The molecule has 2 heterocycles. The van der Waals surface area contributed by atoms with Crippen LogP contribution in [-0.4, -0.2) is 24.1 Å². The summed E-state index contributed by atoms with van der Waals surface area (Å²) in [5, 5.41) is 2.55. The second-order valence-corrected chi connectivity index (χ2v) is 5.37. The van der Waals surface area contributed by atoms with Crippen LogP contribution < -0.4 is 10.6 Å². The first-order valence-electron chi connectivity index (χ1n) is 7.16. The normalized spacial score (nSPS) is 17.1. The molecule has 0 spiro atoms. The minimum Gasteiger partial charge on any atom is -0.356 e. The van der Waals surface area contributed by atoms with Crippen molar-refractivity contribution in [3.63, 3.8) is 0 Å². The van der Waals surface area contributed by atoms with E-state index in [2.05, 4.69) is 41.1 Å². The van der Waals surface area contributed by atoms with Gasteiger partial charge in [-0.2, -0.15) is 0 Å². The molecular weight excluding hydrogens is 234 g/mol. The molecule has 0 bridgehead atoms. The minimum atomic E-state index is 0.359. The van der Waals surface area contributed by atoms with Crippen LogP contribution in [0.3, 0.4) is 0 Å². The van der Waals surface area contributed by atoms with Crippen LogP contribution in [0.2, 0.25) is 0 Å². The summed E-state index contributed by atoms with van der Waals surface area (Å²) in [6.45, 7) is 4.23. The highest BCUT2D eigenvalue weighted by Crippen LogP contribution is 2.27. The third-order valence-corrected chi connectivity index (χ3v) is 4.06. The van der Waals surface area contributed by atoms with Gasteiger partial charge in [0.25, 0.3) is 0 Å². The number of aryl methyl sites for hydroxylation is 1. The SMILES string of the molecule is CCc1ccc2ccnc(N3CCC(N)CC3)c2c1. The van der Waals surface area contributed by atoms with Gasteiger partial charge in [-0.3, -0.25) is 0 Å². The minimum absolute atomic E-state index is 0.359. The van der Waals surface area contributed by atoms with Gasteiger partial charge in [-0.15, -0.1) is 0 Å². The van der Waals surface area contributed by atoms with E-state index in [9.17, 15) is 0 Å². The second kappa shape index (κ2) is 5.17. The van der Waals surface area contributed by atoms with Gasteiger partial charge in [0.05, 0.1) is 0 Å². The first-order valence-corrected chi connectivity index (χ1v) is 7.16. The number of nitrogens with zero attached hydrogens (tertiary/aromatic N) is 2. The predicted molar refractivity (Wildman–Crippen MR) is 80.5 cm³/mol. The smallest absolute Gasteiger partial charge is 0.136 e. The molecule has 0 radical (unpaired) electrons. The third kappa shape index (κ3) is 2.43. The van der Waals surface area contributed by atoms with Gasteiger partial charge in [0.2, 0.25) is 0 Å². The lowest BCUT2D eigenvalue weighted by atomic mass is 10.0. The Morgan fingerprint density at radius 3 is 2.79 bits per heavy atom. The molecular formula is C16H21N3. The number of fused-ring (bicyclic) bond motifs is 1. The molecule has 1 aliphatic heterocycles. The fourth-order valence-corrected chi connectivity index (χ4v) is 2.78. The third-order valence-electron chi connectivity index (χ3n) is 4.06. The average Bonchev–Trinajstić information content (AvgIpc) is 2.47. The van der Waals surface area contributed by atoms with E-state index in [1.165, 1.54) is 16.3 Å². The van der Waals surface area contributed by atoms with Crippen LogP contribution in [0.5, 0.6) is 0 Å². The molecule has 1 fully saturated rings. The molecule has 1 aliphatic rings. The van der Waals surface area contributed by atoms with Crippen LogP contribution in [0.1, 0.15) is 25.3 Å². The van der Waals surface area contributed by atoms with Crippen LogP contribution in [0.15, 0.2) is 30.5 Å². The Hall–Kier alpha value is -1.61. The number of nitrogens with two attached hydrogens (primary N) is 1. The maximum atomic E-state index is 5.99. The summed E-state index contributed by atoms with van der Waals surface area (Å²) in [5.41, 5.74) is 7.36. The molecule has 19 heavy (non-hydrogen) atoms. The molecule has 2 N–H and O–H groups in total. The number of rotatable bonds is 2.